The van der Waals surface area contributed by atoms with Crippen LogP contribution in [0.15, 0.2) is 0 Å². The summed E-state index contributed by atoms with van der Waals surface area (Å²) >= 11 is 0. The number of ether oxygens (including phenoxy) is 3. The van der Waals surface area contributed by atoms with E-state index in [-0.39, 0.29) is 13.2 Å². The molecule has 0 amide bonds. The quantitative estimate of drug-likeness (QED) is 0.261. The molecule has 0 atom stereocenters. The first-order valence-electron chi connectivity index (χ1n) is 10.9. The highest BCUT2D eigenvalue weighted by Crippen LogP contribution is 2.30. The van der Waals surface area contributed by atoms with Gasteiger partial charge in [0, 0.05) is 0 Å². The van der Waals surface area contributed by atoms with E-state index in [0.717, 1.165) is 18.8 Å². The molecule has 1 rings (SSSR count). The maximum atomic E-state index is 10.3. The molecule has 7 nitrogen and oxygen atoms in total. The Kier molecular flexibility index (Phi) is 15.2. The fourth-order valence-electron chi connectivity index (χ4n) is 3.59. The molecule has 0 aromatic rings. The molecule has 0 heterocycles. The van der Waals surface area contributed by atoms with Crippen molar-refractivity contribution in [2.24, 2.45) is 5.92 Å². The minimum atomic E-state index is -4.38. The molecule has 1 aliphatic rings. The first-order chi connectivity index (χ1) is 13.5. The van der Waals surface area contributed by atoms with Gasteiger partial charge in [0.15, 0.2) is 0 Å². The van der Waals surface area contributed by atoms with Gasteiger partial charge in [-0.05, 0) is 31.6 Å². The summed E-state index contributed by atoms with van der Waals surface area (Å²) in [7, 11) is -4.38. The van der Waals surface area contributed by atoms with Gasteiger partial charge in [-0.2, -0.15) is 8.42 Å². The highest BCUT2D eigenvalue weighted by atomic mass is 32.3. The van der Waals surface area contributed by atoms with Gasteiger partial charge in [-0.1, -0.05) is 51.9 Å². The van der Waals surface area contributed by atoms with Gasteiger partial charge in [0.05, 0.1) is 45.7 Å². The predicted octanol–water partition coefficient (Wildman–Crippen LogP) is 4.17. The Morgan fingerprint density at radius 1 is 0.786 bits per heavy atom. The first-order valence-corrected chi connectivity index (χ1v) is 12.3. The van der Waals surface area contributed by atoms with E-state index in [1.165, 1.54) is 57.8 Å². The highest BCUT2D eigenvalue weighted by molar-refractivity contribution is 7.80. The molecular formula is C20H40O7S. The number of unbranched alkanes of at least 4 members (excludes halogenated alkanes) is 5. The zero-order valence-electron chi connectivity index (χ0n) is 17.5. The van der Waals surface area contributed by atoms with Crippen molar-refractivity contribution in [1.82, 2.24) is 0 Å². The van der Waals surface area contributed by atoms with Gasteiger partial charge < -0.3 is 14.2 Å². The maximum Gasteiger partial charge on any atom is 0.397 e. The van der Waals surface area contributed by atoms with Gasteiger partial charge in [0.2, 0.25) is 0 Å². The van der Waals surface area contributed by atoms with E-state index in [2.05, 4.69) is 11.1 Å². The Labute approximate surface area is 171 Å². The monoisotopic (exact) mass is 424 g/mol. The maximum absolute atomic E-state index is 10.3. The molecule has 1 saturated carbocycles. The molecular weight excluding hydrogens is 384 g/mol. The Morgan fingerprint density at radius 3 is 2.00 bits per heavy atom. The summed E-state index contributed by atoms with van der Waals surface area (Å²) in [6.07, 6.45) is 14.9. The average Bonchev–Trinajstić information content (AvgIpc) is 2.66. The molecule has 0 spiro atoms. The van der Waals surface area contributed by atoms with Crippen molar-refractivity contribution in [2.75, 3.05) is 39.6 Å². The van der Waals surface area contributed by atoms with Crippen molar-refractivity contribution in [2.45, 2.75) is 83.7 Å². The third kappa shape index (κ3) is 15.6. The topological polar surface area (TPSA) is 91.3 Å². The smallest absolute Gasteiger partial charge is 0.377 e. The number of hydrogen-bond acceptors (Lipinski definition) is 6. The van der Waals surface area contributed by atoms with Gasteiger partial charge in [-0.3, -0.25) is 4.55 Å². The van der Waals surface area contributed by atoms with Gasteiger partial charge >= 0.3 is 10.4 Å². The van der Waals surface area contributed by atoms with Crippen molar-refractivity contribution in [3.63, 3.8) is 0 Å². The average molecular weight is 425 g/mol. The van der Waals surface area contributed by atoms with Gasteiger partial charge in [0.25, 0.3) is 0 Å². The van der Waals surface area contributed by atoms with E-state index < -0.39 is 10.4 Å². The lowest BCUT2D eigenvalue weighted by atomic mass is 9.84. The van der Waals surface area contributed by atoms with Crippen molar-refractivity contribution in [3.05, 3.63) is 0 Å². The van der Waals surface area contributed by atoms with Crippen LogP contribution in [0.5, 0.6) is 0 Å². The molecule has 0 unspecified atom stereocenters. The van der Waals surface area contributed by atoms with Crippen LogP contribution in [0, 0.1) is 5.92 Å². The standard InChI is InChI=1S/C20H40O7S/c1-2-3-4-5-6-7-8-19-9-11-20(12-10-19)26-17-15-24-13-14-25-16-18-27-28(21,22)23/h19-20H,2-18H2,1H3,(H,21,22,23). The van der Waals surface area contributed by atoms with Gasteiger partial charge in [-0.25, -0.2) is 4.18 Å². The predicted molar refractivity (Wildman–Crippen MR) is 109 cm³/mol. The molecule has 28 heavy (non-hydrogen) atoms. The fraction of sp³-hybridized carbons (Fsp3) is 1.00. The van der Waals surface area contributed by atoms with E-state index in [0.29, 0.717) is 32.5 Å². The van der Waals surface area contributed by atoms with Crippen LogP contribution in [0.4, 0.5) is 0 Å². The summed E-state index contributed by atoms with van der Waals surface area (Å²) in [5, 5.41) is 0. The molecule has 8 heteroatoms. The minimum Gasteiger partial charge on any atom is -0.377 e. The van der Waals surface area contributed by atoms with Crippen LogP contribution in [0.25, 0.3) is 0 Å². The molecule has 1 fully saturated rings. The van der Waals surface area contributed by atoms with Crippen molar-refractivity contribution >= 4 is 10.4 Å². The molecule has 0 aliphatic heterocycles. The number of hydrogen-bond donors (Lipinski definition) is 1. The second-order valence-corrected chi connectivity index (χ2v) is 8.64. The summed E-state index contributed by atoms with van der Waals surface area (Å²) in [5.74, 6) is 0.893. The molecule has 0 radical (unpaired) electrons. The lowest BCUT2D eigenvalue weighted by Crippen LogP contribution is -2.23. The fourth-order valence-corrected chi connectivity index (χ4v) is 3.87. The van der Waals surface area contributed by atoms with Crippen LogP contribution >= 0.6 is 0 Å². The summed E-state index contributed by atoms with van der Waals surface area (Å²) in [6.45, 7) is 4.03. The third-order valence-corrected chi connectivity index (χ3v) is 5.64. The van der Waals surface area contributed by atoms with E-state index in [9.17, 15) is 8.42 Å². The lowest BCUT2D eigenvalue weighted by Gasteiger charge is -2.28. The van der Waals surface area contributed by atoms with E-state index >= 15 is 0 Å². The Bertz CT molecular complexity index is 447. The van der Waals surface area contributed by atoms with E-state index in [1.54, 1.807) is 0 Å². The van der Waals surface area contributed by atoms with E-state index in [4.69, 9.17) is 18.8 Å². The molecule has 0 bridgehead atoms. The molecule has 0 aromatic heterocycles. The number of rotatable bonds is 18. The second-order valence-electron chi connectivity index (χ2n) is 7.54. The van der Waals surface area contributed by atoms with Gasteiger partial charge in [-0.15, -0.1) is 0 Å². The molecule has 0 saturated heterocycles. The molecule has 168 valence electrons. The SMILES string of the molecule is CCCCCCCCC1CCC(OCCOCCOCCOS(=O)(=O)O)CC1. The summed E-state index contributed by atoms with van der Waals surface area (Å²) < 4.78 is 49.6. The van der Waals surface area contributed by atoms with Gasteiger partial charge in [0.1, 0.15) is 0 Å². The van der Waals surface area contributed by atoms with Crippen LogP contribution in [0.3, 0.4) is 0 Å². The Balaban J connectivity index is 1.84. The third-order valence-electron chi connectivity index (χ3n) is 5.17. The zero-order chi connectivity index (χ0) is 20.5. The zero-order valence-corrected chi connectivity index (χ0v) is 18.3. The molecule has 1 N–H and O–H groups in total. The Hall–Kier alpha value is -0.250. The summed E-state index contributed by atoms with van der Waals surface area (Å²) in [4.78, 5) is 0. The van der Waals surface area contributed by atoms with Crippen LogP contribution in [-0.4, -0.2) is 58.7 Å². The van der Waals surface area contributed by atoms with Crippen molar-refractivity contribution in [3.8, 4) is 0 Å². The summed E-state index contributed by atoms with van der Waals surface area (Å²) in [6, 6.07) is 0. The second kappa shape index (κ2) is 16.5. The van der Waals surface area contributed by atoms with Crippen LogP contribution in [0.2, 0.25) is 0 Å². The van der Waals surface area contributed by atoms with Crippen LogP contribution < -0.4 is 0 Å². The Morgan fingerprint density at radius 2 is 1.36 bits per heavy atom. The largest absolute Gasteiger partial charge is 0.397 e. The van der Waals surface area contributed by atoms with Crippen LogP contribution in [-0.2, 0) is 28.8 Å². The lowest BCUT2D eigenvalue weighted by molar-refractivity contribution is -0.0284. The molecule has 0 aromatic carbocycles. The first kappa shape index (κ1) is 25.8. The van der Waals surface area contributed by atoms with E-state index in [1.807, 2.05) is 0 Å². The van der Waals surface area contributed by atoms with Crippen molar-refractivity contribution < 1.29 is 31.4 Å². The highest BCUT2D eigenvalue weighted by Gasteiger charge is 2.21. The van der Waals surface area contributed by atoms with Crippen LogP contribution in [0.1, 0.15) is 77.6 Å². The molecule has 1 aliphatic carbocycles. The minimum absolute atomic E-state index is 0.0850. The summed E-state index contributed by atoms with van der Waals surface area (Å²) in [5.41, 5.74) is 0. The van der Waals surface area contributed by atoms with Crippen molar-refractivity contribution in [1.29, 1.82) is 0 Å². The normalized spacial score (nSPS) is 20.5.